The summed E-state index contributed by atoms with van der Waals surface area (Å²) in [6, 6.07) is 5.66. The molecule has 1 unspecified atom stereocenters. The zero-order chi connectivity index (χ0) is 22.3. The van der Waals surface area contributed by atoms with Crippen LogP contribution < -0.4 is 10.3 Å². The second-order valence-electron chi connectivity index (χ2n) is 7.14. The number of aliphatic carboxylic acids is 1. The lowest BCUT2D eigenvalue weighted by molar-refractivity contribution is -0.192. The SMILES string of the molecule is COc1cn(C(CC2(C(F)(F)F)CC2)C(=O)O)c(=O)cc1-c1cc(Cl)ccc1C#N. The Morgan fingerprint density at radius 1 is 1.37 bits per heavy atom. The molecule has 2 aromatic rings. The standard InChI is InChI=1S/C20H16ClF3N2O4/c1-30-16-10-26(15(18(28)29)8-19(4-5-19)20(22,23)24)17(27)7-14(16)13-6-12(21)3-2-11(13)9-25/h2-3,6-7,10,15H,4-5,8H2,1H3,(H,28,29). The third kappa shape index (κ3) is 3.87. The van der Waals surface area contributed by atoms with Gasteiger partial charge in [0.2, 0.25) is 0 Å². The van der Waals surface area contributed by atoms with Crippen LogP contribution in [0.3, 0.4) is 0 Å². The molecule has 0 aliphatic heterocycles. The molecule has 1 atom stereocenters. The van der Waals surface area contributed by atoms with Gasteiger partial charge in [-0.25, -0.2) is 4.79 Å². The number of ether oxygens (including phenoxy) is 1. The zero-order valence-electron chi connectivity index (χ0n) is 15.7. The average molecular weight is 441 g/mol. The number of hydrogen-bond donors (Lipinski definition) is 1. The number of nitrogens with zero attached hydrogens (tertiary/aromatic N) is 2. The van der Waals surface area contributed by atoms with E-state index >= 15 is 0 Å². The van der Waals surface area contributed by atoms with Crippen LogP contribution in [-0.2, 0) is 4.79 Å². The van der Waals surface area contributed by atoms with Gasteiger partial charge in [0.1, 0.15) is 11.8 Å². The first-order valence-corrected chi connectivity index (χ1v) is 9.20. The molecule has 6 nitrogen and oxygen atoms in total. The number of hydrogen-bond acceptors (Lipinski definition) is 4. The summed E-state index contributed by atoms with van der Waals surface area (Å²) >= 11 is 5.99. The van der Waals surface area contributed by atoms with Crippen molar-refractivity contribution in [3.8, 4) is 22.9 Å². The van der Waals surface area contributed by atoms with Crippen LogP contribution in [0.25, 0.3) is 11.1 Å². The van der Waals surface area contributed by atoms with E-state index in [9.17, 15) is 33.1 Å². The van der Waals surface area contributed by atoms with Crippen LogP contribution >= 0.6 is 11.6 Å². The molecule has 0 bridgehead atoms. The van der Waals surface area contributed by atoms with Gasteiger partial charge in [-0.1, -0.05) is 11.6 Å². The number of carboxylic acids is 1. The summed E-state index contributed by atoms with van der Waals surface area (Å²) in [7, 11) is 1.26. The highest BCUT2D eigenvalue weighted by molar-refractivity contribution is 6.31. The largest absolute Gasteiger partial charge is 0.495 e. The number of methoxy groups -OCH3 is 1. The quantitative estimate of drug-likeness (QED) is 0.718. The summed E-state index contributed by atoms with van der Waals surface area (Å²) in [4.78, 5) is 24.5. The minimum absolute atomic E-state index is 0.0245. The molecule has 1 aromatic carbocycles. The molecule has 1 heterocycles. The number of aromatic nitrogens is 1. The minimum atomic E-state index is -4.56. The third-order valence-corrected chi connectivity index (χ3v) is 5.55. The number of nitriles is 1. The van der Waals surface area contributed by atoms with E-state index in [0.717, 1.165) is 16.8 Å². The molecule has 1 aliphatic carbocycles. The molecule has 10 heteroatoms. The van der Waals surface area contributed by atoms with Crippen LogP contribution in [0.5, 0.6) is 5.75 Å². The maximum absolute atomic E-state index is 13.3. The van der Waals surface area contributed by atoms with E-state index in [4.69, 9.17) is 16.3 Å². The Balaban J connectivity index is 2.12. The maximum atomic E-state index is 13.3. The number of carbonyl (C=O) groups is 1. The van der Waals surface area contributed by atoms with Crippen molar-refractivity contribution in [3.63, 3.8) is 0 Å². The Hall–Kier alpha value is -2.99. The lowest BCUT2D eigenvalue weighted by Gasteiger charge is -2.25. The first-order valence-electron chi connectivity index (χ1n) is 8.83. The molecule has 1 N–H and O–H groups in total. The normalized spacial score (nSPS) is 15.9. The van der Waals surface area contributed by atoms with Crippen LogP contribution in [0, 0.1) is 16.7 Å². The van der Waals surface area contributed by atoms with Crippen molar-refractivity contribution in [2.24, 2.45) is 5.41 Å². The minimum Gasteiger partial charge on any atom is -0.495 e. The number of rotatable bonds is 6. The lowest BCUT2D eigenvalue weighted by Crippen LogP contribution is -2.35. The summed E-state index contributed by atoms with van der Waals surface area (Å²) in [6.45, 7) is 0. The Bertz CT molecular complexity index is 1100. The van der Waals surface area contributed by atoms with Gasteiger partial charge in [0.15, 0.2) is 0 Å². The van der Waals surface area contributed by atoms with Gasteiger partial charge in [-0.15, -0.1) is 0 Å². The highest BCUT2D eigenvalue weighted by Crippen LogP contribution is 2.61. The summed E-state index contributed by atoms with van der Waals surface area (Å²) in [5, 5.41) is 19.2. The third-order valence-electron chi connectivity index (χ3n) is 5.32. The molecule has 1 fully saturated rings. The summed E-state index contributed by atoms with van der Waals surface area (Å²) in [5.74, 6) is -1.53. The second-order valence-corrected chi connectivity index (χ2v) is 7.58. The van der Waals surface area contributed by atoms with Crippen molar-refractivity contribution in [3.05, 3.63) is 51.4 Å². The van der Waals surface area contributed by atoms with Crippen molar-refractivity contribution in [1.82, 2.24) is 4.57 Å². The van der Waals surface area contributed by atoms with E-state index < -0.39 is 35.6 Å². The Morgan fingerprint density at radius 3 is 2.53 bits per heavy atom. The molecule has 1 aromatic heterocycles. The van der Waals surface area contributed by atoms with E-state index in [1.807, 2.05) is 6.07 Å². The molecule has 1 saturated carbocycles. The van der Waals surface area contributed by atoms with Gasteiger partial charge in [-0.2, -0.15) is 18.4 Å². The smallest absolute Gasteiger partial charge is 0.394 e. The van der Waals surface area contributed by atoms with E-state index in [-0.39, 0.29) is 35.3 Å². The van der Waals surface area contributed by atoms with Crippen molar-refractivity contribution in [1.29, 1.82) is 5.26 Å². The molecule has 3 rings (SSSR count). The van der Waals surface area contributed by atoms with E-state index in [1.165, 1.54) is 25.3 Å². The first-order chi connectivity index (χ1) is 14.0. The van der Waals surface area contributed by atoms with E-state index in [0.29, 0.717) is 5.02 Å². The predicted molar refractivity (Wildman–Crippen MR) is 101 cm³/mol. The molecule has 0 radical (unpaired) electrons. The zero-order valence-corrected chi connectivity index (χ0v) is 16.4. The van der Waals surface area contributed by atoms with Gasteiger partial charge in [-0.05, 0) is 37.5 Å². The summed E-state index contributed by atoms with van der Waals surface area (Å²) in [6.07, 6.45) is -4.62. The number of benzene rings is 1. The molecular formula is C20H16ClF3N2O4. The maximum Gasteiger partial charge on any atom is 0.394 e. The first kappa shape index (κ1) is 21.7. The fourth-order valence-electron chi connectivity index (χ4n) is 3.41. The monoisotopic (exact) mass is 440 g/mol. The molecule has 1 aliphatic rings. The molecule has 0 saturated heterocycles. The number of carboxylic acid groups (broad SMARTS) is 1. The van der Waals surface area contributed by atoms with Crippen LogP contribution in [0.1, 0.15) is 30.9 Å². The fraction of sp³-hybridized carbons (Fsp3) is 0.350. The topological polar surface area (TPSA) is 92.3 Å². The number of halogens is 4. The van der Waals surface area contributed by atoms with Gasteiger partial charge in [-0.3, -0.25) is 9.36 Å². The van der Waals surface area contributed by atoms with Crippen LogP contribution in [0.15, 0.2) is 35.3 Å². The number of pyridine rings is 1. The van der Waals surface area contributed by atoms with Crippen LogP contribution in [0.4, 0.5) is 13.2 Å². The second kappa shape index (κ2) is 7.69. The Kier molecular flexibility index (Phi) is 5.56. The van der Waals surface area contributed by atoms with Crippen LogP contribution in [-0.4, -0.2) is 28.9 Å². The highest BCUT2D eigenvalue weighted by atomic mass is 35.5. The van der Waals surface area contributed by atoms with Gasteiger partial charge >= 0.3 is 12.1 Å². The van der Waals surface area contributed by atoms with Gasteiger partial charge in [0, 0.05) is 22.2 Å². The Morgan fingerprint density at radius 2 is 2.03 bits per heavy atom. The van der Waals surface area contributed by atoms with Crippen molar-refractivity contribution < 1.29 is 27.8 Å². The van der Waals surface area contributed by atoms with Crippen molar-refractivity contribution in [2.75, 3.05) is 7.11 Å². The molecular weight excluding hydrogens is 425 g/mol. The molecule has 158 valence electrons. The molecule has 0 spiro atoms. The van der Waals surface area contributed by atoms with E-state index in [2.05, 4.69) is 0 Å². The molecule has 30 heavy (non-hydrogen) atoms. The van der Waals surface area contributed by atoms with E-state index in [1.54, 1.807) is 0 Å². The predicted octanol–water partition coefficient (Wildman–Crippen LogP) is 4.41. The Labute approximate surface area is 174 Å². The van der Waals surface area contributed by atoms with Crippen LogP contribution in [0.2, 0.25) is 5.02 Å². The lowest BCUT2D eigenvalue weighted by atomic mass is 9.95. The fourth-order valence-corrected chi connectivity index (χ4v) is 3.58. The van der Waals surface area contributed by atoms with Crippen molar-refractivity contribution >= 4 is 17.6 Å². The summed E-state index contributed by atoms with van der Waals surface area (Å²) in [5.41, 5.74) is -2.29. The van der Waals surface area contributed by atoms with Gasteiger partial charge in [0.25, 0.3) is 5.56 Å². The number of alkyl halides is 3. The van der Waals surface area contributed by atoms with Gasteiger partial charge < -0.3 is 9.84 Å². The highest BCUT2D eigenvalue weighted by Gasteiger charge is 2.64. The average Bonchev–Trinajstić information content (AvgIpc) is 3.47. The molecule has 0 amide bonds. The van der Waals surface area contributed by atoms with Gasteiger partial charge in [0.05, 0.1) is 30.4 Å². The van der Waals surface area contributed by atoms with Crippen molar-refractivity contribution in [2.45, 2.75) is 31.5 Å². The summed E-state index contributed by atoms with van der Waals surface area (Å²) < 4.78 is 46.0.